The van der Waals surface area contributed by atoms with Gasteiger partial charge in [0.25, 0.3) is 0 Å². The van der Waals surface area contributed by atoms with Gasteiger partial charge in [-0.2, -0.15) is 0 Å². The van der Waals surface area contributed by atoms with Crippen LogP contribution in [0, 0.1) is 12.3 Å². The lowest BCUT2D eigenvalue weighted by Gasteiger charge is -2.14. The van der Waals surface area contributed by atoms with E-state index >= 15 is 0 Å². The molecule has 0 saturated heterocycles. The molecule has 0 saturated carbocycles. The smallest absolute Gasteiger partial charge is 0.320 e. The van der Waals surface area contributed by atoms with Gasteiger partial charge in [-0.3, -0.25) is 9.59 Å². The Hall–Kier alpha value is -1.84. The second kappa shape index (κ2) is 9.16. The fraction of sp³-hybridized carbons (Fsp3) is 0.471. The topological polar surface area (TPSA) is 52.6 Å². The summed E-state index contributed by atoms with van der Waals surface area (Å²) in [5, 5.41) is 0. The molecule has 1 aromatic rings. The second-order valence-corrected chi connectivity index (χ2v) is 4.63. The Kier molecular flexibility index (Phi) is 7.51. The van der Waals surface area contributed by atoms with Gasteiger partial charge in [0.15, 0.2) is 5.92 Å². The zero-order chi connectivity index (χ0) is 15.7. The van der Waals surface area contributed by atoms with E-state index < -0.39 is 17.9 Å². The number of aryl methyl sites for hydroxylation is 1. The van der Waals surface area contributed by atoms with Crippen molar-refractivity contribution >= 4 is 11.9 Å². The highest BCUT2D eigenvalue weighted by Crippen LogP contribution is 2.15. The normalized spacial score (nSPS) is 10.5. The van der Waals surface area contributed by atoms with Gasteiger partial charge in [-0.25, -0.2) is 0 Å². The second-order valence-electron chi connectivity index (χ2n) is 4.63. The van der Waals surface area contributed by atoms with E-state index in [1.165, 1.54) is 0 Å². The standard InChI is InChI=1S/C17H23O4/c1-4-13-7-9-14(10-8-13)11-12-15(16(18)20-5-2)17(19)21-6-3/h4,7-10,15H,5-6,11-12H2,1-3H3. The predicted molar refractivity (Wildman–Crippen MR) is 80.6 cm³/mol. The first-order valence-electron chi connectivity index (χ1n) is 7.33. The average Bonchev–Trinajstić information content (AvgIpc) is 2.48. The van der Waals surface area contributed by atoms with E-state index in [0.717, 1.165) is 11.1 Å². The lowest BCUT2D eigenvalue weighted by molar-refractivity contribution is -0.161. The van der Waals surface area contributed by atoms with E-state index in [-0.39, 0.29) is 13.2 Å². The molecular weight excluding hydrogens is 268 g/mol. The molecular formula is C17H23O4. The Bertz CT molecular complexity index is 432. The minimum Gasteiger partial charge on any atom is -0.465 e. The SMILES string of the molecule is C[CH]c1ccc(CCC(C(=O)OCC)C(=O)OCC)cc1. The van der Waals surface area contributed by atoms with Crippen molar-refractivity contribution in [2.45, 2.75) is 33.6 Å². The average molecular weight is 291 g/mol. The van der Waals surface area contributed by atoms with Crippen molar-refractivity contribution in [1.29, 1.82) is 0 Å². The van der Waals surface area contributed by atoms with Crippen molar-refractivity contribution in [3.63, 3.8) is 0 Å². The summed E-state index contributed by atoms with van der Waals surface area (Å²) in [6.07, 6.45) is 3.04. The number of hydrogen-bond acceptors (Lipinski definition) is 4. The summed E-state index contributed by atoms with van der Waals surface area (Å²) in [5.74, 6) is -1.86. The van der Waals surface area contributed by atoms with Gasteiger partial charge in [0.2, 0.25) is 0 Å². The van der Waals surface area contributed by atoms with Crippen LogP contribution >= 0.6 is 0 Å². The van der Waals surface area contributed by atoms with Crippen LogP contribution < -0.4 is 0 Å². The Morgan fingerprint density at radius 3 is 2.00 bits per heavy atom. The Labute approximate surface area is 126 Å². The highest BCUT2D eigenvalue weighted by Gasteiger charge is 2.28. The summed E-state index contributed by atoms with van der Waals surface area (Å²) in [6.45, 7) is 5.94. The molecule has 0 aliphatic rings. The van der Waals surface area contributed by atoms with Gasteiger partial charge in [0, 0.05) is 0 Å². The summed E-state index contributed by atoms with van der Waals surface area (Å²) in [6, 6.07) is 8.03. The molecule has 0 heterocycles. The molecule has 1 radical (unpaired) electrons. The zero-order valence-corrected chi connectivity index (χ0v) is 12.9. The third kappa shape index (κ3) is 5.58. The molecule has 0 amide bonds. The quantitative estimate of drug-likeness (QED) is 0.546. The number of esters is 2. The molecule has 0 N–H and O–H groups in total. The fourth-order valence-electron chi connectivity index (χ4n) is 2.01. The van der Waals surface area contributed by atoms with Crippen LogP contribution in [0.3, 0.4) is 0 Å². The summed E-state index contributed by atoms with van der Waals surface area (Å²) in [4.78, 5) is 23.7. The summed E-state index contributed by atoms with van der Waals surface area (Å²) in [7, 11) is 0. The van der Waals surface area contributed by atoms with E-state index in [4.69, 9.17) is 9.47 Å². The van der Waals surface area contributed by atoms with Crippen LogP contribution in [0.1, 0.15) is 38.3 Å². The van der Waals surface area contributed by atoms with Gasteiger partial charge in [-0.05, 0) is 44.2 Å². The summed E-state index contributed by atoms with van der Waals surface area (Å²) >= 11 is 0. The molecule has 115 valence electrons. The van der Waals surface area contributed by atoms with Crippen LogP contribution in [0.5, 0.6) is 0 Å². The van der Waals surface area contributed by atoms with Crippen LogP contribution in [-0.2, 0) is 25.5 Å². The minimum absolute atomic E-state index is 0.260. The van der Waals surface area contributed by atoms with Crippen molar-refractivity contribution < 1.29 is 19.1 Å². The molecule has 0 atom stereocenters. The molecule has 21 heavy (non-hydrogen) atoms. The van der Waals surface area contributed by atoms with Crippen LogP contribution in [0.4, 0.5) is 0 Å². The Morgan fingerprint density at radius 1 is 1.05 bits per heavy atom. The highest BCUT2D eigenvalue weighted by molar-refractivity contribution is 5.94. The van der Waals surface area contributed by atoms with Crippen molar-refractivity contribution in [3.05, 3.63) is 41.8 Å². The molecule has 1 rings (SSSR count). The first kappa shape index (κ1) is 17.2. The van der Waals surface area contributed by atoms with Crippen LogP contribution in [0.15, 0.2) is 24.3 Å². The number of hydrogen-bond donors (Lipinski definition) is 0. The molecule has 0 unspecified atom stereocenters. The van der Waals surface area contributed by atoms with Gasteiger partial charge in [-0.1, -0.05) is 31.2 Å². The van der Waals surface area contributed by atoms with Gasteiger partial charge < -0.3 is 9.47 Å². The third-order valence-corrected chi connectivity index (χ3v) is 3.18. The molecule has 1 aromatic carbocycles. The fourth-order valence-corrected chi connectivity index (χ4v) is 2.01. The van der Waals surface area contributed by atoms with Crippen molar-refractivity contribution in [3.8, 4) is 0 Å². The number of carbonyl (C=O) groups is 2. The van der Waals surface area contributed by atoms with E-state index in [1.807, 2.05) is 37.6 Å². The molecule has 0 bridgehead atoms. The van der Waals surface area contributed by atoms with Crippen LogP contribution in [-0.4, -0.2) is 25.2 Å². The van der Waals surface area contributed by atoms with E-state index in [1.54, 1.807) is 13.8 Å². The van der Waals surface area contributed by atoms with Crippen LogP contribution in [0.25, 0.3) is 0 Å². The largest absolute Gasteiger partial charge is 0.465 e. The lowest BCUT2D eigenvalue weighted by Crippen LogP contribution is -2.28. The molecule has 0 aliphatic carbocycles. The first-order valence-corrected chi connectivity index (χ1v) is 7.33. The van der Waals surface area contributed by atoms with Crippen molar-refractivity contribution in [1.82, 2.24) is 0 Å². The molecule has 0 spiro atoms. The highest BCUT2D eigenvalue weighted by atomic mass is 16.6. The molecule has 0 fully saturated rings. The predicted octanol–water partition coefficient (Wildman–Crippen LogP) is 2.93. The zero-order valence-electron chi connectivity index (χ0n) is 12.9. The number of carbonyl (C=O) groups excluding carboxylic acids is 2. The molecule has 4 heteroatoms. The van der Waals surface area contributed by atoms with Gasteiger partial charge in [0.1, 0.15) is 0 Å². The van der Waals surface area contributed by atoms with Gasteiger partial charge >= 0.3 is 11.9 Å². The molecule has 0 aliphatic heterocycles. The number of ether oxygens (including phenoxy) is 2. The maximum atomic E-state index is 11.9. The van der Waals surface area contributed by atoms with Crippen LogP contribution in [0.2, 0.25) is 0 Å². The molecule has 0 aromatic heterocycles. The maximum Gasteiger partial charge on any atom is 0.320 e. The summed E-state index contributed by atoms with van der Waals surface area (Å²) in [5.41, 5.74) is 2.23. The number of rotatable bonds is 8. The molecule has 4 nitrogen and oxygen atoms in total. The monoisotopic (exact) mass is 291 g/mol. The maximum absolute atomic E-state index is 11.9. The lowest BCUT2D eigenvalue weighted by atomic mass is 9.98. The van der Waals surface area contributed by atoms with E-state index in [0.29, 0.717) is 12.8 Å². The summed E-state index contributed by atoms with van der Waals surface area (Å²) < 4.78 is 9.90. The van der Waals surface area contributed by atoms with Gasteiger partial charge in [0.05, 0.1) is 13.2 Å². The number of benzene rings is 1. The first-order chi connectivity index (χ1) is 10.1. The Morgan fingerprint density at radius 2 is 1.57 bits per heavy atom. The van der Waals surface area contributed by atoms with Gasteiger partial charge in [-0.15, -0.1) is 0 Å². The third-order valence-electron chi connectivity index (χ3n) is 3.18. The minimum atomic E-state index is -0.845. The van der Waals surface area contributed by atoms with Crippen molar-refractivity contribution in [2.24, 2.45) is 5.92 Å². The van der Waals surface area contributed by atoms with E-state index in [2.05, 4.69) is 0 Å². The Balaban J connectivity index is 2.66. The van der Waals surface area contributed by atoms with E-state index in [9.17, 15) is 9.59 Å². The van der Waals surface area contributed by atoms with Crippen molar-refractivity contribution in [2.75, 3.05) is 13.2 Å².